The molecule has 0 aliphatic rings. The summed E-state index contributed by atoms with van der Waals surface area (Å²) in [6, 6.07) is 13.6. The van der Waals surface area contributed by atoms with Crippen LogP contribution in [0, 0.1) is 0 Å². The summed E-state index contributed by atoms with van der Waals surface area (Å²) < 4.78 is 1.04. The van der Waals surface area contributed by atoms with Crippen LogP contribution in [0.15, 0.2) is 46.9 Å². The Hall–Kier alpha value is -0.860. The van der Waals surface area contributed by atoms with Crippen molar-refractivity contribution in [1.82, 2.24) is 4.98 Å². The maximum atomic E-state index is 5.81. The Morgan fingerprint density at radius 1 is 1.07 bits per heavy atom. The van der Waals surface area contributed by atoms with E-state index >= 15 is 0 Å². The molecule has 0 saturated heterocycles. The van der Waals surface area contributed by atoms with Crippen LogP contribution < -0.4 is 0 Å². The Balaban J connectivity index is 2.49. The topological polar surface area (TPSA) is 12.9 Å². The molecule has 0 aliphatic carbocycles. The summed E-state index contributed by atoms with van der Waals surface area (Å²) in [6.07, 6.45) is 0. The molecule has 0 fully saturated rings. The molecule has 2 aromatic rings. The fourth-order valence-corrected chi connectivity index (χ4v) is 1.78. The quantitative estimate of drug-likeness (QED) is 0.708. The molecule has 2 rings (SSSR count). The predicted octanol–water partition coefficient (Wildman–Crippen LogP) is 4.16. The Kier molecular flexibility index (Phi) is 2.85. The smallest absolute Gasteiger partial charge is 0.129 e. The Bertz CT molecular complexity index is 413. The summed E-state index contributed by atoms with van der Waals surface area (Å²) in [5.41, 5.74) is 1.95. The normalized spacial score (nSPS) is 10.1. The minimum Gasteiger partial charge on any atom is -0.236 e. The first-order chi connectivity index (χ1) is 6.75. The highest BCUT2D eigenvalue weighted by Gasteiger charge is 1.99. The van der Waals surface area contributed by atoms with Gasteiger partial charge in [0.05, 0.1) is 5.69 Å². The first kappa shape index (κ1) is 9.69. The Morgan fingerprint density at radius 3 is 2.57 bits per heavy atom. The van der Waals surface area contributed by atoms with Crippen molar-refractivity contribution in [3.8, 4) is 11.3 Å². The lowest BCUT2D eigenvalue weighted by atomic mass is 10.1. The van der Waals surface area contributed by atoms with E-state index in [-0.39, 0.29) is 0 Å². The highest BCUT2D eigenvalue weighted by molar-refractivity contribution is 9.10. The van der Waals surface area contributed by atoms with Gasteiger partial charge in [-0.05, 0) is 24.3 Å². The van der Waals surface area contributed by atoms with Crippen LogP contribution in [0.2, 0.25) is 5.15 Å². The van der Waals surface area contributed by atoms with Gasteiger partial charge in [-0.3, -0.25) is 0 Å². The van der Waals surface area contributed by atoms with Crippen molar-refractivity contribution in [3.05, 3.63) is 52.1 Å². The van der Waals surface area contributed by atoms with E-state index in [1.165, 1.54) is 0 Å². The molecule has 0 atom stereocenters. The van der Waals surface area contributed by atoms with E-state index in [0.717, 1.165) is 15.7 Å². The van der Waals surface area contributed by atoms with Crippen LogP contribution in [0.3, 0.4) is 0 Å². The number of halogens is 2. The van der Waals surface area contributed by atoms with Gasteiger partial charge in [-0.2, -0.15) is 0 Å². The van der Waals surface area contributed by atoms with Crippen molar-refractivity contribution >= 4 is 27.5 Å². The number of benzene rings is 1. The number of hydrogen-bond donors (Lipinski definition) is 0. The zero-order chi connectivity index (χ0) is 9.97. The summed E-state index contributed by atoms with van der Waals surface area (Å²) in [7, 11) is 0. The van der Waals surface area contributed by atoms with Crippen molar-refractivity contribution in [2.45, 2.75) is 0 Å². The lowest BCUT2D eigenvalue weighted by Crippen LogP contribution is -1.82. The monoisotopic (exact) mass is 267 g/mol. The van der Waals surface area contributed by atoms with Gasteiger partial charge in [-0.25, -0.2) is 4.98 Å². The van der Waals surface area contributed by atoms with Crippen molar-refractivity contribution in [1.29, 1.82) is 0 Å². The second-order valence-electron chi connectivity index (χ2n) is 2.86. The third-order valence-electron chi connectivity index (χ3n) is 1.84. The average Bonchev–Trinajstić information content (AvgIpc) is 2.18. The fourth-order valence-electron chi connectivity index (χ4n) is 1.22. The molecule has 0 spiro atoms. The molecular formula is C11H7BrClN. The van der Waals surface area contributed by atoms with Gasteiger partial charge in [-0.1, -0.05) is 45.7 Å². The molecule has 0 amide bonds. The van der Waals surface area contributed by atoms with Gasteiger partial charge in [0.2, 0.25) is 0 Å². The lowest BCUT2D eigenvalue weighted by molar-refractivity contribution is 1.32. The highest BCUT2D eigenvalue weighted by atomic mass is 79.9. The van der Waals surface area contributed by atoms with Gasteiger partial charge < -0.3 is 0 Å². The Morgan fingerprint density at radius 2 is 1.86 bits per heavy atom. The summed E-state index contributed by atoms with van der Waals surface area (Å²) in [4.78, 5) is 4.23. The minimum atomic E-state index is 0.516. The van der Waals surface area contributed by atoms with Crippen LogP contribution in [0.4, 0.5) is 0 Å². The molecule has 70 valence electrons. The van der Waals surface area contributed by atoms with Gasteiger partial charge in [0.25, 0.3) is 0 Å². The third kappa shape index (κ3) is 2.14. The molecule has 1 aromatic carbocycles. The maximum absolute atomic E-state index is 5.81. The van der Waals surface area contributed by atoms with Crippen molar-refractivity contribution in [2.75, 3.05) is 0 Å². The maximum Gasteiger partial charge on any atom is 0.129 e. The van der Waals surface area contributed by atoms with E-state index in [9.17, 15) is 0 Å². The summed E-state index contributed by atoms with van der Waals surface area (Å²) in [6.45, 7) is 0. The molecule has 3 heteroatoms. The molecule has 0 aliphatic heterocycles. The van der Waals surface area contributed by atoms with Gasteiger partial charge in [0, 0.05) is 10.0 Å². The molecule has 0 N–H and O–H groups in total. The summed E-state index contributed by atoms with van der Waals surface area (Å²) >= 11 is 9.23. The third-order valence-corrected chi connectivity index (χ3v) is 2.54. The molecule has 1 heterocycles. The Labute approximate surface area is 95.9 Å². The predicted molar refractivity (Wildman–Crippen MR) is 62.4 cm³/mol. The zero-order valence-electron chi connectivity index (χ0n) is 7.24. The van der Waals surface area contributed by atoms with Crippen LogP contribution >= 0.6 is 27.5 Å². The molecule has 0 bridgehead atoms. The van der Waals surface area contributed by atoms with E-state index in [1.54, 1.807) is 6.07 Å². The van der Waals surface area contributed by atoms with E-state index in [0.29, 0.717) is 5.15 Å². The van der Waals surface area contributed by atoms with Crippen molar-refractivity contribution < 1.29 is 0 Å². The van der Waals surface area contributed by atoms with Crippen molar-refractivity contribution in [3.63, 3.8) is 0 Å². The molecule has 14 heavy (non-hydrogen) atoms. The SMILES string of the molecule is Clc1cccc(-c2cccc(Br)c2)n1. The molecular weight excluding hydrogens is 261 g/mol. The standard InChI is InChI=1S/C11H7BrClN/c12-9-4-1-3-8(7-9)10-5-2-6-11(13)14-10/h1-7H. The van der Waals surface area contributed by atoms with Crippen LogP contribution in [0.5, 0.6) is 0 Å². The number of pyridine rings is 1. The first-order valence-corrected chi connectivity index (χ1v) is 5.31. The van der Waals surface area contributed by atoms with Gasteiger partial charge in [0.1, 0.15) is 5.15 Å². The van der Waals surface area contributed by atoms with E-state index in [4.69, 9.17) is 11.6 Å². The van der Waals surface area contributed by atoms with Crippen LogP contribution in [0.25, 0.3) is 11.3 Å². The molecule has 0 radical (unpaired) electrons. The molecule has 1 nitrogen and oxygen atoms in total. The number of aromatic nitrogens is 1. The number of nitrogens with zero attached hydrogens (tertiary/aromatic N) is 1. The zero-order valence-corrected chi connectivity index (χ0v) is 9.59. The van der Waals surface area contributed by atoms with Gasteiger partial charge >= 0.3 is 0 Å². The second kappa shape index (κ2) is 4.11. The van der Waals surface area contributed by atoms with E-state index in [2.05, 4.69) is 20.9 Å². The summed E-state index contributed by atoms with van der Waals surface area (Å²) in [5, 5.41) is 0.516. The second-order valence-corrected chi connectivity index (χ2v) is 4.16. The minimum absolute atomic E-state index is 0.516. The fraction of sp³-hybridized carbons (Fsp3) is 0. The van der Waals surface area contributed by atoms with Gasteiger partial charge in [-0.15, -0.1) is 0 Å². The van der Waals surface area contributed by atoms with Gasteiger partial charge in [0.15, 0.2) is 0 Å². The molecule has 0 unspecified atom stereocenters. The van der Waals surface area contributed by atoms with E-state index in [1.807, 2.05) is 36.4 Å². The largest absolute Gasteiger partial charge is 0.236 e. The lowest BCUT2D eigenvalue weighted by Gasteiger charge is -2.01. The van der Waals surface area contributed by atoms with Crippen molar-refractivity contribution in [2.24, 2.45) is 0 Å². The number of hydrogen-bond acceptors (Lipinski definition) is 1. The van der Waals surface area contributed by atoms with Crippen LogP contribution in [-0.2, 0) is 0 Å². The number of rotatable bonds is 1. The highest BCUT2D eigenvalue weighted by Crippen LogP contribution is 2.22. The summed E-state index contributed by atoms with van der Waals surface area (Å²) in [5.74, 6) is 0. The molecule has 1 aromatic heterocycles. The molecule has 0 saturated carbocycles. The van der Waals surface area contributed by atoms with Crippen LogP contribution in [0.1, 0.15) is 0 Å². The van der Waals surface area contributed by atoms with Crippen LogP contribution in [-0.4, -0.2) is 4.98 Å². The average molecular weight is 269 g/mol. The first-order valence-electron chi connectivity index (χ1n) is 4.14. The van der Waals surface area contributed by atoms with E-state index < -0.39 is 0 Å².